The van der Waals surface area contributed by atoms with E-state index < -0.39 is 0 Å². The molecule has 0 radical (unpaired) electrons. The molecule has 0 aromatic heterocycles. The van der Waals surface area contributed by atoms with Gasteiger partial charge in [-0.3, -0.25) is 0 Å². The maximum Gasteiger partial charge on any atom is 0.127 e. The highest BCUT2D eigenvalue weighted by molar-refractivity contribution is 6.31. The topological polar surface area (TPSA) is 35.2 Å². The number of hydrogen-bond donors (Lipinski definition) is 1. The SMILES string of the molecule is COc1ccc(C)cc1C(N)Cc1c(F)cccc1Cl. The fourth-order valence-corrected chi connectivity index (χ4v) is 2.44. The van der Waals surface area contributed by atoms with Crippen LogP contribution in [0.15, 0.2) is 36.4 Å². The zero-order valence-electron chi connectivity index (χ0n) is 11.5. The van der Waals surface area contributed by atoms with E-state index in [9.17, 15) is 4.39 Å². The first-order valence-corrected chi connectivity index (χ1v) is 6.73. The van der Waals surface area contributed by atoms with Gasteiger partial charge in [-0.1, -0.05) is 35.4 Å². The number of rotatable bonds is 4. The summed E-state index contributed by atoms with van der Waals surface area (Å²) in [6, 6.07) is 10.0. The van der Waals surface area contributed by atoms with E-state index in [0.29, 0.717) is 22.8 Å². The van der Waals surface area contributed by atoms with Crippen LogP contribution in [0.25, 0.3) is 0 Å². The summed E-state index contributed by atoms with van der Waals surface area (Å²) in [7, 11) is 1.59. The van der Waals surface area contributed by atoms with E-state index in [1.807, 2.05) is 25.1 Å². The van der Waals surface area contributed by atoms with Crippen molar-refractivity contribution in [1.29, 1.82) is 0 Å². The second-order valence-electron chi connectivity index (χ2n) is 4.76. The van der Waals surface area contributed by atoms with Crippen molar-refractivity contribution in [2.24, 2.45) is 5.73 Å². The maximum absolute atomic E-state index is 13.8. The lowest BCUT2D eigenvalue weighted by Crippen LogP contribution is -2.15. The van der Waals surface area contributed by atoms with Gasteiger partial charge in [-0.2, -0.15) is 0 Å². The Morgan fingerprint density at radius 3 is 2.70 bits per heavy atom. The third kappa shape index (κ3) is 3.11. The summed E-state index contributed by atoms with van der Waals surface area (Å²) in [5.41, 5.74) is 8.57. The van der Waals surface area contributed by atoms with Gasteiger partial charge in [-0.05, 0) is 31.5 Å². The second kappa shape index (κ2) is 6.25. The predicted octanol–water partition coefficient (Wildman–Crippen LogP) is 4.04. The maximum atomic E-state index is 13.8. The Morgan fingerprint density at radius 1 is 1.30 bits per heavy atom. The Bertz CT molecular complexity index is 595. The van der Waals surface area contributed by atoms with Crippen LogP contribution < -0.4 is 10.5 Å². The lowest BCUT2D eigenvalue weighted by atomic mass is 9.97. The third-order valence-corrected chi connectivity index (χ3v) is 3.62. The molecule has 0 aliphatic carbocycles. The van der Waals surface area contributed by atoms with E-state index in [1.54, 1.807) is 19.2 Å². The number of halogens is 2. The minimum atomic E-state index is -0.376. The van der Waals surface area contributed by atoms with Crippen LogP contribution in [0.3, 0.4) is 0 Å². The summed E-state index contributed by atoms with van der Waals surface area (Å²) in [5.74, 6) is 0.370. The average Bonchev–Trinajstić information content (AvgIpc) is 2.43. The van der Waals surface area contributed by atoms with Gasteiger partial charge in [-0.15, -0.1) is 0 Å². The highest BCUT2D eigenvalue weighted by atomic mass is 35.5. The molecule has 0 bridgehead atoms. The van der Waals surface area contributed by atoms with Crippen LogP contribution in [0.2, 0.25) is 5.02 Å². The molecule has 0 spiro atoms. The van der Waals surface area contributed by atoms with E-state index in [4.69, 9.17) is 22.1 Å². The number of nitrogens with two attached hydrogens (primary N) is 1. The highest BCUT2D eigenvalue weighted by Gasteiger charge is 2.16. The molecule has 0 heterocycles. The number of ether oxygens (including phenoxy) is 1. The fraction of sp³-hybridized carbons (Fsp3) is 0.250. The van der Waals surface area contributed by atoms with Crippen molar-refractivity contribution in [3.63, 3.8) is 0 Å². The first kappa shape index (κ1) is 14.8. The van der Waals surface area contributed by atoms with Gasteiger partial charge in [-0.25, -0.2) is 4.39 Å². The highest BCUT2D eigenvalue weighted by Crippen LogP contribution is 2.30. The summed E-state index contributed by atoms with van der Waals surface area (Å²) in [5, 5.41) is 0.395. The quantitative estimate of drug-likeness (QED) is 0.923. The Hall–Kier alpha value is -1.58. The molecule has 2 N–H and O–H groups in total. The summed E-state index contributed by atoms with van der Waals surface area (Å²) < 4.78 is 19.1. The van der Waals surface area contributed by atoms with Crippen LogP contribution in [0.5, 0.6) is 5.75 Å². The normalized spacial score (nSPS) is 12.2. The molecule has 0 fully saturated rings. The summed E-state index contributed by atoms with van der Waals surface area (Å²) >= 11 is 6.04. The fourth-order valence-electron chi connectivity index (χ4n) is 2.20. The van der Waals surface area contributed by atoms with Crippen LogP contribution in [-0.2, 0) is 6.42 Å². The summed E-state index contributed by atoms with van der Waals surface area (Å²) in [6.07, 6.45) is 0.325. The molecule has 20 heavy (non-hydrogen) atoms. The van der Waals surface area contributed by atoms with Gasteiger partial charge in [0.05, 0.1) is 7.11 Å². The zero-order valence-corrected chi connectivity index (χ0v) is 12.2. The molecule has 0 aliphatic rings. The molecule has 0 amide bonds. The predicted molar refractivity (Wildman–Crippen MR) is 79.8 cm³/mol. The molecule has 0 aliphatic heterocycles. The lowest BCUT2D eigenvalue weighted by Gasteiger charge is -2.17. The van der Waals surface area contributed by atoms with E-state index in [1.165, 1.54) is 6.07 Å². The Labute approximate surface area is 123 Å². The van der Waals surface area contributed by atoms with Crippen molar-refractivity contribution >= 4 is 11.6 Å². The van der Waals surface area contributed by atoms with Gasteiger partial charge in [0.2, 0.25) is 0 Å². The summed E-state index contributed by atoms with van der Waals surface area (Å²) in [4.78, 5) is 0. The lowest BCUT2D eigenvalue weighted by molar-refractivity contribution is 0.405. The molecule has 2 aromatic carbocycles. The Kier molecular flexibility index (Phi) is 4.63. The van der Waals surface area contributed by atoms with Gasteiger partial charge in [0.1, 0.15) is 11.6 Å². The second-order valence-corrected chi connectivity index (χ2v) is 5.16. The number of methoxy groups -OCH3 is 1. The van der Waals surface area contributed by atoms with Gasteiger partial charge in [0, 0.05) is 22.2 Å². The van der Waals surface area contributed by atoms with Crippen molar-refractivity contribution in [3.8, 4) is 5.75 Å². The largest absolute Gasteiger partial charge is 0.496 e. The molecule has 0 saturated carbocycles. The number of hydrogen-bond acceptors (Lipinski definition) is 2. The molecular weight excluding hydrogens is 277 g/mol. The monoisotopic (exact) mass is 293 g/mol. The van der Waals surface area contributed by atoms with Gasteiger partial charge in [0.15, 0.2) is 0 Å². The molecule has 2 aromatic rings. The number of benzene rings is 2. The molecule has 2 rings (SSSR count). The molecule has 1 unspecified atom stereocenters. The molecular formula is C16H17ClFNO. The van der Waals surface area contributed by atoms with Crippen LogP contribution in [0, 0.1) is 12.7 Å². The van der Waals surface area contributed by atoms with Crippen LogP contribution in [0.4, 0.5) is 4.39 Å². The van der Waals surface area contributed by atoms with Gasteiger partial charge in [0.25, 0.3) is 0 Å². The van der Waals surface area contributed by atoms with E-state index in [2.05, 4.69) is 0 Å². The summed E-state index contributed by atoms with van der Waals surface area (Å²) in [6.45, 7) is 1.98. The van der Waals surface area contributed by atoms with Crippen molar-refractivity contribution < 1.29 is 9.13 Å². The standard InChI is InChI=1S/C16H17ClFNO/c1-10-6-7-16(20-2)12(8-10)15(19)9-11-13(17)4-3-5-14(11)18/h3-8,15H,9,19H2,1-2H3. The first-order valence-electron chi connectivity index (χ1n) is 6.36. The van der Waals surface area contributed by atoms with Gasteiger partial charge >= 0.3 is 0 Å². The molecule has 4 heteroatoms. The van der Waals surface area contributed by atoms with E-state index in [0.717, 1.165) is 11.1 Å². The van der Waals surface area contributed by atoms with Crippen LogP contribution in [-0.4, -0.2) is 7.11 Å². The first-order chi connectivity index (χ1) is 9.52. The Balaban J connectivity index is 2.33. The van der Waals surface area contributed by atoms with Crippen LogP contribution >= 0.6 is 11.6 Å². The van der Waals surface area contributed by atoms with Gasteiger partial charge < -0.3 is 10.5 Å². The van der Waals surface area contributed by atoms with E-state index >= 15 is 0 Å². The molecule has 2 nitrogen and oxygen atoms in total. The van der Waals surface area contributed by atoms with Crippen LogP contribution in [0.1, 0.15) is 22.7 Å². The Morgan fingerprint density at radius 2 is 2.05 bits per heavy atom. The number of aryl methyl sites for hydroxylation is 1. The molecule has 1 atom stereocenters. The molecule has 0 saturated heterocycles. The van der Waals surface area contributed by atoms with Crippen molar-refractivity contribution in [1.82, 2.24) is 0 Å². The smallest absolute Gasteiger partial charge is 0.127 e. The molecule has 106 valence electrons. The zero-order chi connectivity index (χ0) is 14.7. The van der Waals surface area contributed by atoms with Crippen molar-refractivity contribution in [3.05, 3.63) is 63.9 Å². The third-order valence-electron chi connectivity index (χ3n) is 3.27. The average molecular weight is 294 g/mol. The minimum absolute atomic E-state index is 0.325. The van der Waals surface area contributed by atoms with E-state index in [-0.39, 0.29) is 11.9 Å². The van der Waals surface area contributed by atoms with Crippen molar-refractivity contribution in [2.45, 2.75) is 19.4 Å². The van der Waals surface area contributed by atoms with Crippen molar-refractivity contribution in [2.75, 3.05) is 7.11 Å². The minimum Gasteiger partial charge on any atom is -0.496 e.